The Kier molecular flexibility index (Phi) is 4.83. The minimum Gasteiger partial charge on any atom is -0.478 e. The summed E-state index contributed by atoms with van der Waals surface area (Å²) in [6, 6.07) is 5.08. The van der Waals surface area contributed by atoms with Crippen molar-refractivity contribution in [3.63, 3.8) is 0 Å². The average molecular weight is 290 g/mol. The van der Waals surface area contributed by atoms with Crippen LogP contribution in [0.4, 0.5) is 10.5 Å². The van der Waals surface area contributed by atoms with Crippen LogP contribution in [0.25, 0.3) is 0 Å². The van der Waals surface area contributed by atoms with E-state index < -0.39 is 5.97 Å². The number of nitrogens with zero attached hydrogens (tertiary/aromatic N) is 1. The molecule has 0 saturated heterocycles. The van der Waals surface area contributed by atoms with Crippen LogP contribution >= 0.6 is 0 Å². The van der Waals surface area contributed by atoms with Crippen molar-refractivity contribution in [2.75, 3.05) is 11.9 Å². The first kappa shape index (κ1) is 15.4. The molecule has 0 heterocycles. The maximum absolute atomic E-state index is 12.4. The fourth-order valence-corrected chi connectivity index (χ4v) is 2.91. The third-order valence-electron chi connectivity index (χ3n) is 4.01. The Hall–Kier alpha value is -2.04. The Morgan fingerprint density at radius 2 is 2.00 bits per heavy atom. The van der Waals surface area contributed by atoms with Crippen LogP contribution < -0.4 is 5.32 Å². The highest BCUT2D eigenvalue weighted by atomic mass is 16.4. The molecule has 0 unspecified atom stereocenters. The van der Waals surface area contributed by atoms with E-state index in [9.17, 15) is 14.7 Å². The van der Waals surface area contributed by atoms with Gasteiger partial charge in [-0.05, 0) is 38.8 Å². The van der Waals surface area contributed by atoms with Crippen molar-refractivity contribution in [3.8, 4) is 0 Å². The molecule has 0 atom stereocenters. The lowest BCUT2D eigenvalue weighted by Gasteiger charge is -2.28. The molecule has 2 N–H and O–H groups in total. The largest absolute Gasteiger partial charge is 0.478 e. The summed E-state index contributed by atoms with van der Waals surface area (Å²) in [4.78, 5) is 25.5. The SMILES string of the molecule is CCN(C(=O)Nc1ccc(C)cc1C(=O)O)C1CCCC1. The normalized spacial score (nSPS) is 15.0. The molecule has 0 bridgehead atoms. The number of carboxylic acids is 1. The second-order valence-corrected chi connectivity index (χ2v) is 5.51. The molecule has 1 saturated carbocycles. The van der Waals surface area contributed by atoms with Gasteiger partial charge in [-0.3, -0.25) is 0 Å². The Labute approximate surface area is 125 Å². The van der Waals surface area contributed by atoms with E-state index in [1.165, 1.54) is 0 Å². The number of anilines is 1. The second-order valence-electron chi connectivity index (χ2n) is 5.51. The van der Waals surface area contributed by atoms with Crippen LogP contribution in [0.2, 0.25) is 0 Å². The van der Waals surface area contributed by atoms with E-state index in [0.717, 1.165) is 31.2 Å². The highest BCUT2D eigenvalue weighted by Crippen LogP contribution is 2.25. The maximum Gasteiger partial charge on any atom is 0.337 e. The smallest absolute Gasteiger partial charge is 0.337 e. The fourth-order valence-electron chi connectivity index (χ4n) is 2.91. The lowest BCUT2D eigenvalue weighted by Crippen LogP contribution is -2.41. The van der Waals surface area contributed by atoms with Gasteiger partial charge in [0.1, 0.15) is 0 Å². The summed E-state index contributed by atoms with van der Waals surface area (Å²) in [6.07, 6.45) is 4.36. The zero-order valence-corrected chi connectivity index (χ0v) is 12.6. The van der Waals surface area contributed by atoms with Gasteiger partial charge >= 0.3 is 12.0 Å². The van der Waals surface area contributed by atoms with Crippen molar-refractivity contribution in [3.05, 3.63) is 29.3 Å². The van der Waals surface area contributed by atoms with E-state index in [1.807, 2.05) is 13.8 Å². The molecule has 5 heteroatoms. The van der Waals surface area contributed by atoms with Gasteiger partial charge in [-0.15, -0.1) is 0 Å². The number of carboxylic acid groups (broad SMARTS) is 1. The number of amides is 2. The van der Waals surface area contributed by atoms with E-state index in [0.29, 0.717) is 12.2 Å². The zero-order chi connectivity index (χ0) is 15.4. The Morgan fingerprint density at radius 1 is 1.33 bits per heavy atom. The predicted molar refractivity (Wildman–Crippen MR) is 81.8 cm³/mol. The monoisotopic (exact) mass is 290 g/mol. The first-order chi connectivity index (χ1) is 10.0. The van der Waals surface area contributed by atoms with E-state index in [-0.39, 0.29) is 17.6 Å². The standard InChI is InChI=1S/C16H22N2O3/c1-3-18(12-6-4-5-7-12)16(21)17-14-9-8-11(2)10-13(14)15(19)20/h8-10,12H,3-7H2,1-2H3,(H,17,21)(H,19,20). The summed E-state index contributed by atoms with van der Waals surface area (Å²) in [5, 5.41) is 12.0. The van der Waals surface area contributed by atoms with Crippen LogP contribution in [0.1, 0.15) is 48.5 Å². The number of rotatable bonds is 4. The quantitative estimate of drug-likeness (QED) is 0.891. The molecule has 114 valence electrons. The maximum atomic E-state index is 12.4. The Balaban J connectivity index is 2.16. The topological polar surface area (TPSA) is 69.6 Å². The summed E-state index contributed by atoms with van der Waals surface area (Å²) in [6.45, 7) is 4.41. The molecule has 1 fully saturated rings. The van der Waals surface area contributed by atoms with Crippen molar-refractivity contribution in [2.24, 2.45) is 0 Å². The molecule has 1 aliphatic carbocycles. The lowest BCUT2D eigenvalue weighted by atomic mass is 10.1. The van der Waals surface area contributed by atoms with Crippen molar-refractivity contribution in [2.45, 2.75) is 45.6 Å². The van der Waals surface area contributed by atoms with E-state index in [4.69, 9.17) is 0 Å². The number of hydrogen-bond acceptors (Lipinski definition) is 2. The summed E-state index contributed by atoms with van der Waals surface area (Å²) < 4.78 is 0. The minimum absolute atomic E-state index is 0.130. The Bertz CT molecular complexity index is 536. The van der Waals surface area contributed by atoms with Crippen LogP contribution in [0, 0.1) is 6.92 Å². The molecule has 2 amide bonds. The van der Waals surface area contributed by atoms with Gasteiger partial charge in [-0.25, -0.2) is 9.59 Å². The minimum atomic E-state index is -1.03. The first-order valence-corrected chi connectivity index (χ1v) is 7.44. The van der Waals surface area contributed by atoms with Gasteiger partial charge in [0.05, 0.1) is 11.3 Å². The van der Waals surface area contributed by atoms with Gasteiger partial charge in [0.15, 0.2) is 0 Å². The molecule has 0 aliphatic heterocycles. The number of hydrogen-bond donors (Lipinski definition) is 2. The number of aryl methyl sites for hydroxylation is 1. The lowest BCUT2D eigenvalue weighted by molar-refractivity contribution is 0.0698. The first-order valence-electron chi connectivity index (χ1n) is 7.44. The van der Waals surface area contributed by atoms with Crippen LogP contribution in [-0.4, -0.2) is 34.6 Å². The number of benzene rings is 1. The summed E-state index contributed by atoms with van der Waals surface area (Å²) in [5.41, 5.74) is 1.34. The number of urea groups is 1. The molecule has 0 aromatic heterocycles. The Morgan fingerprint density at radius 3 is 2.57 bits per heavy atom. The number of nitrogens with one attached hydrogen (secondary N) is 1. The summed E-state index contributed by atoms with van der Waals surface area (Å²) >= 11 is 0. The highest BCUT2D eigenvalue weighted by Gasteiger charge is 2.26. The molecule has 1 aromatic carbocycles. The third kappa shape index (κ3) is 3.54. The summed E-state index contributed by atoms with van der Waals surface area (Å²) in [5.74, 6) is -1.03. The molecular weight excluding hydrogens is 268 g/mol. The van der Waals surface area contributed by atoms with Crippen molar-refractivity contribution < 1.29 is 14.7 Å². The third-order valence-corrected chi connectivity index (χ3v) is 4.01. The molecule has 0 spiro atoms. The zero-order valence-electron chi connectivity index (χ0n) is 12.6. The molecule has 1 aromatic rings. The fraction of sp³-hybridized carbons (Fsp3) is 0.500. The second kappa shape index (κ2) is 6.61. The highest BCUT2D eigenvalue weighted by molar-refractivity contribution is 6.00. The van der Waals surface area contributed by atoms with Crippen molar-refractivity contribution in [1.29, 1.82) is 0 Å². The summed E-state index contributed by atoms with van der Waals surface area (Å²) in [7, 11) is 0. The van der Waals surface area contributed by atoms with Gasteiger partial charge in [-0.1, -0.05) is 24.5 Å². The van der Waals surface area contributed by atoms with Crippen LogP contribution in [-0.2, 0) is 0 Å². The van der Waals surface area contributed by atoms with Crippen LogP contribution in [0.15, 0.2) is 18.2 Å². The van der Waals surface area contributed by atoms with Gasteiger partial charge in [0.25, 0.3) is 0 Å². The molecule has 21 heavy (non-hydrogen) atoms. The molecule has 5 nitrogen and oxygen atoms in total. The van der Waals surface area contributed by atoms with E-state index >= 15 is 0 Å². The molecule has 1 aliphatic rings. The van der Waals surface area contributed by atoms with E-state index in [2.05, 4.69) is 5.32 Å². The number of carbonyl (C=O) groups is 2. The van der Waals surface area contributed by atoms with Crippen molar-refractivity contribution in [1.82, 2.24) is 4.90 Å². The van der Waals surface area contributed by atoms with Gasteiger partial charge in [-0.2, -0.15) is 0 Å². The van der Waals surface area contributed by atoms with Gasteiger partial charge in [0, 0.05) is 12.6 Å². The predicted octanol–water partition coefficient (Wildman–Crippen LogP) is 3.49. The molecular formula is C16H22N2O3. The average Bonchev–Trinajstić information content (AvgIpc) is 2.95. The number of carbonyl (C=O) groups excluding carboxylic acids is 1. The molecule has 0 radical (unpaired) electrons. The van der Waals surface area contributed by atoms with Crippen LogP contribution in [0.5, 0.6) is 0 Å². The van der Waals surface area contributed by atoms with E-state index in [1.54, 1.807) is 23.1 Å². The van der Waals surface area contributed by atoms with Crippen molar-refractivity contribution >= 4 is 17.7 Å². The van der Waals surface area contributed by atoms with Gasteiger partial charge in [0.2, 0.25) is 0 Å². The van der Waals surface area contributed by atoms with Gasteiger partial charge < -0.3 is 15.3 Å². The molecule has 2 rings (SSSR count). The number of aromatic carboxylic acids is 1. The van der Waals surface area contributed by atoms with Crippen LogP contribution in [0.3, 0.4) is 0 Å².